The molecule has 3 rings (SSSR count). The number of benzene rings is 1. The maximum absolute atomic E-state index is 12.6. The molecule has 1 amide bonds. The number of aliphatic carboxylic acids is 1. The lowest BCUT2D eigenvalue weighted by Crippen LogP contribution is -2.40. The van der Waals surface area contributed by atoms with Crippen LogP contribution in [-0.2, 0) is 21.4 Å². The third-order valence-electron chi connectivity index (χ3n) is 4.65. The van der Waals surface area contributed by atoms with Crippen molar-refractivity contribution >= 4 is 17.6 Å². The lowest BCUT2D eigenvalue weighted by Gasteiger charge is -2.23. The van der Waals surface area contributed by atoms with Crippen LogP contribution in [0.3, 0.4) is 0 Å². The molecule has 1 saturated carbocycles. The van der Waals surface area contributed by atoms with Crippen LogP contribution in [0, 0.1) is 5.41 Å². The monoisotopic (exact) mass is 287 g/mol. The topological polar surface area (TPSA) is 57.6 Å². The maximum atomic E-state index is 12.6. The molecule has 1 aliphatic carbocycles. The molecule has 0 spiro atoms. The standard InChI is InChI=1S/C17H21NO3/c1-16(2,3)12-4-5-13-11(10-12)6-9-18(13)14(19)17(7-8-17)15(20)21/h4-5,10H,6-9H2,1-3H3,(H,20,21). The molecule has 1 fully saturated rings. The highest BCUT2D eigenvalue weighted by Crippen LogP contribution is 2.49. The molecule has 0 saturated heterocycles. The van der Waals surface area contributed by atoms with Gasteiger partial charge in [0.25, 0.3) is 0 Å². The van der Waals surface area contributed by atoms with Crippen LogP contribution in [0.4, 0.5) is 5.69 Å². The summed E-state index contributed by atoms with van der Waals surface area (Å²) in [6.07, 6.45) is 1.74. The molecule has 1 N–H and O–H groups in total. The Hall–Kier alpha value is -1.84. The molecule has 1 heterocycles. The molecule has 4 heteroatoms. The van der Waals surface area contributed by atoms with Crippen molar-refractivity contribution in [2.24, 2.45) is 5.41 Å². The van der Waals surface area contributed by atoms with Crippen LogP contribution in [-0.4, -0.2) is 23.5 Å². The summed E-state index contributed by atoms with van der Waals surface area (Å²) in [6.45, 7) is 7.08. The van der Waals surface area contributed by atoms with Gasteiger partial charge in [0.15, 0.2) is 0 Å². The number of fused-ring (bicyclic) bond motifs is 1. The molecule has 2 aliphatic rings. The van der Waals surface area contributed by atoms with Crippen molar-refractivity contribution in [3.05, 3.63) is 29.3 Å². The predicted molar refractivity (Wildman–Crippen MR) is 80.5 cm³/mol. The van der Waals surface area contributed by atoms with Crippen molar-refractivity contribution in [3.8, 4) is 0 Å². The molecular weight excluding hydrogens is 266 g/mol. The first-order valence-corrected chi connectivity index (χ1v) is 7.44. The molecule has 1 aliphatic heterocycles. The van der Waals surface area contributed by atoms with Crippen LogP contribution in [0.15, 0.2) is 18.2 Å². The third kappa shape index (κ3) is 2.13. The van der Waals surface area contributed by atoms with Crippen LogP contribution in [0.1, 0.15) is 44.7 Å². The van der Waals surface area contributed by atoms with E-state index in [1.54, 1.807) is 4.90 Å². The molecule has 0 bridgehead atoms. The minimum atomic E-state index is -1.15. The Balaban J connectivity index is 1.92. The molecule has 0 aromatic heterocycles. The number of hydrogen-bond donors (Lipinski definition) is 1. The summed E-state index contributed by atoms with van der Waals surface area (Å²) in [7, 11) is 0. The zero-order valence-electron chi connectivity index (χ0n) is 12.8. The Morgan fingerprint density at radius 2 is 1.90 bits per heavy atom. The van der Waals surface area contributed by atoms with E-state index in [0.29, 0.717) is 19.4 Å². The molecule has 0 unspecified atom stereocenters. The first-order chi connectivity index (χ1) is 9.75. The number of carboxylic acids is 1. The van der Waals surface area contributed by atoms with Gasteiger partial charge in [-0.1, -0.05) is 32.9 Å². The smallest absolute Gasteiger partial charge is 0.319 e. The van der Waals surface area contributed by atoms with E-state index in [0.717, 1.165) is 17.7 Å². The molecule has 4 nitrogen and oxygen atoms in total. The van der Waals surface area contributed by atoms with Gasteiger partial charge in [0.1, 0.15) is 5.41 Å². The van der Waals surface area contributed by atoms with Gasteiger partial charge in [0, 0.05) is 12.2 Å². The Morgan fingerprint density at radius 1 is 1.24 bits per heavy atom. The average Bonchev–Trinajstić information content (AvgIpc) is 3.11. The van der Waals surface area contributed by atoms with E-state index in [-0.39, 0.29) is 11.3 Å². The number of carbonyl (C=O) groups excluding carboxylic acids is 1. The van der Waals surface area contributed by atoms with Crippen molar-refractivity contribution in [1.29, 1.82) is 0 Å². The summed E-state index contributed by atoms with van der Waals surface area (Å²) in [5, 5.41) is 9.29. The highest BCUT2D eigenvalue weighted by atomic mass is 16.4. The van der Waals surface area contributed by atoms with Gasteiger partial charge in [0.2, 0.25) is 5.91 Å². The molecular formula is C17H21NO3. The van der Waals surface area contributed by atoms with Crippen LogP contribution >= 0.6 is 0 Å². The summed E-state index contributed by atoms with van der Waals surface area (Å²) in [6, 6.07) is 6.17. The Labute approximate surface area is 124 Å². The lowest BCUT2D eigenvalue weighted by molar-refractivity contribution is -0.148. The van der Waals surface area contributed by atoms with E-state index in [1.165, 1.54) is 5.56 Å². The second kappa shape index (κ2) is 4.33. The molecule has 112 valence electrons. The minimum absolute atomic E-state index is 0.0746. The number of carbonyl (C=O) groups is 2. The zero-order valence-corrected chi connectivity index (χ0v) is 12.8. The van der Waals surface area contributed by atoms with Crippen molar-refractivity contribution in [3.63, 3.8) is 0 Å². The first kappa shape index (κ1) is 14.1. The molecule has 1 aromatic carbocycles. The van der Waals surface area contributed by atoms with Crippen LogP contribution in [0.2, 0.25) is 0 Å². The maximum Gasteiger partial charge on any atom is 0.319 e. The number of anilines is 1. The van der Waals surface area contributed by atoms with Gasteiger partial charge in [0.05, 0.1) is 0 Å². The quantitative estimate of drug-likeness (QED) is 0.851. The van der Waals surface area contributed by atoms with Gasteiger partial charge in [-0.3, -0.25) is 9.59 Å². The van der Waals surface area contributed by atoms with Gasteiger partial charge >= 0.3 is 5.97 Å². The largest absolute Gasteiger partial charge is 0.480 e. The van der Waals surface area contributed by atoms with Gasteiger partial charge in [-0.15, -0.1) is 0 Å². The lowest BCUT2D eigenvalue weighted by atomic mass is 9.86. The predicted octanol–water partition coefficient (Wildman–Crippen LogP) is 2.74. The van der Waals surface area contributed by atoms with Gasteiger partial charge in [-0.25, -0.2) is 0 Å². The molecule has 1 aromatic rings. The third-order valence-corrected chi connectivity index (χ3v) is 4.65. The average molecular weight is 287 g/mol. The minimum Gasteiger partial charge on any atom is -0.480 e. The van der Waals surface area contributed by atoms with Gasteiger partial charge < -0.3 is 10.0 Å². The van der Waals surface area contributed by atoms with E-state index >= 15 is 0 Å². The molecule has 21 heavy (non-hydrogen) atoms. The number of hydrogen-bond acceptors (Lipinski definition) is 2. The SMILES string of the molecule is CC(C)(C)c1ccc2c(c1)CCN2C(=O)C1(C(=O)O)CC1. The van der Waals surface area contributed by atoms with Crippen molar-refractivity contribution in [2.45, 2.75) is 45.4 Å². The van der Waals surface area contributed by atoms with Crippen molar-refractivity contribution in [1.82, 2.24) is 0 Å². The summed E-state index contributed by atoms with van der Waals surface area (Å²) >= 11 is 0. The van der Waals surface area contributed by atoms with E-state index in [4.69, 9.17) is 0 Å². The first-order valence-electron chi connectivity index (χ1n) is 7.44. The number of amides is 1. The normalized spacial score (nSPS) is 19.3. The number of carboxylic acid groups (broad SMARTS) is 1. The summed E-state index contributed by atoms with van der Waals surface area (Å²) in [4.78, 5) is 25.6. The van der Waals surface area contributed by atoms with E-state index in [2.05, 4.69) is 26.8 Å². The zero-order chi connectivity index (χ0) is 15.4. The fraction of sp³-hybridized carbons (Fsp3) is 0.529. The second-order valence-corrected chi connectivity index (χ2v) is 7.19. The highest BCUT2D eigenvalue weighted by molar-refractivity contribution is 6.12. The Kier molecular flexibility index (Phi) is 2.91. The van der Waals surface area contributed by atoms with Crippen LogP contribution in [0.25, 0.3) is 0 Å². The highest BCUT2D eigenvalue weighted by Gasteiger charge is 2.59. The summed E-state index contributed by atoms with van der Waals surface area (Å²) < 4.78 is 0. The van der Waals surface area contributed by atoms with Crippen molar-refractivity contribution < 1.29 is 14.7 Å². The fourth-order valence-electron chi connectivity index (χ4n) is 2.98. The van der Waals surface area contributed by atoms with E-state index in [9.17, 15) is 14.7 Å². The second-order valence-electron chi connectivity index (χ2n) is 7.19. The fourth-order valence-corrected chi connectivity index (χ4v) is 2.98. The van der Waals surface area contributed by atoms with Gasteiger partial charge in [-0.05, 0) is 41.9 Å². The Morgan fingerprint density at radius 3 is 2.43 bits per heavy atom. The van der Waals surface area contributed by atoms with Crippen LogP contribution in [0.5, 0.6) is 0 Å². The number of rotatable bonds is 2. The number of nitrogens with zero attached hydrogens (tertiary/aromatic N) is 1. The van der Waals surface area contributed by atoms with E-state index in [1.807, 2.05) is 12.1 Å². The summed E-state index contributed by atoms with van der Waals surface area (Å²) in [5.41, 5.74) is 2.21. The Bertz CT molecular complexity index is 623. The summed E-state index contributed by atoms with van der Waals surface area (Å²) in [5.74, 6) is -1.22. The molecule has 0 atom stereocenters. The molecule has 0 radical (unpaired) electrons. The van der Waals surface area contributed by atoms with Crippen molar-refractivity contribution in [2.75, 3.05) is 11.4 Å². The van der Waals surface area contributed by atoms with E-state index < -0.39 is 11.4 Å². The van der Waals surface area contributed by atoms with Gasteiger partial charge in [-0.2, -0.15) is 0 Å². The van der Waals surface area contributed by atoms with Crippen LogP contribution < -0.4 is 4.90 Å².